The number of ether oxygens (including phenoxy) is 4. The molecule has 0 saturated heterocycles. The molecule has 0 atom stereocenters. The molecule has 2 heterocycles. The van der Waals surface area contributed by atoms with E-state index >= 15 is 0 Å². The number of rotatable bonds is 7. The van der Waals surface area contributed by atoms with E-state index in [0.717, 1.165) is 24.2 Å². The first-order valence-electron chi connectivity index (χ1n) is 9.09. The van der Waals surface area contributed by atoms with Crippen LogP contribution in [-0.4, -0.2) is 60.8 Å². The average molecular weight is 388 g/mol. The highest BCUT2D eigenvalue weighted by atomic mass is 16.7. The number of likely N-dealkylation sites (N-methyl/N-ethyl adjacent to an activating group) is 2. The van der Waals surface area contributed by atoms with Crippen molar-refractivity contribution in [2.45, 2.75) is 13.1 Å². The number of hydrogen-bond donors (Lipinski definition) is 2. The second-order valence-electron chi connectivity index (χ2n) is 7.14. The minimum absolute atomic E-state index is 0.186. The quantitative estimate of drug-likeness (QED) is 0.746. The minimum atomic E-state index is 0.186. The summed E-state index contributed by atoms with van der Waals surface area (Å²) in [5, 5.41) is 20.4. The molecule has 0 aliphatic carbocycles. The first-order valence-corrected chi connectivity index (χ1v) is 9.09. The molecule has 28 heavy (non-hydrogen) atoms. The van der Waals surface area contributed by atoms with Crippen LogP contribution in [0.3, 0.4) is 0 Å². The van der Waals surface area contributed by atoms with E-state index in [0.29, 0.717) is 36.1 Å². The predicted octanol–water partition coefficient (Wildman–Crippen LogP) is 2.12. The molecule has 0 unspecified atom stereocenters. The van der Waals surface area contributed by atoms with Crippen LogP contribution in [0.15, 0.2) is 24.3 Å². The molecule has 0 amide bonds. The van der Waals surface area contributed by atoms with E-state index in [1.807, 2.05) is 26.2 Å². The molecule has 0 aromatic heterocycles. The molecule has 0 saturated carbocycles. The lowest BCUT2D eigenvalue weighted by atomic mass is 10.1. The molecule has 0 bridgehead atoms. The van der Waals surface area contributed by atoms with Crippen molar-refractivity contribution in [1.29, 1.82) is 0 Å². The first kappa shape index (κ1) is 18.5. The van der Waals surface area contributed by atoms with Crippen molar-refractivity contribution >= 4 is 0 Å². The number of fused-ring (bicyclic) bond motifs is 2. The third-order valence-corrected chi connectivity index (χ3v) is 4.89. The molecule has 4 rings (SSSR count). The van der Waals surface area contributed by atoms with E-state index < -0.39 is 0 Å². The standard InChI is InChI=1S/C20H24N2O6/c1-21(9-13-5-17-19(7-15(13)23)27-11-25-17)3-4-22(2)10-14-6-18-20(8-16(14)24)28-12-26-18/h5-8,23-24H,3-4,9-12H2,1-2H3. The topological polar surface area (TPSA) is 83.9 Å². The van der Waals surface area contributed by atoms with E-state index in [4.69, 9.17) is 18.9 Å². The second-order valence-corrected chi connectivity index (χ2v) is 7.14. The smallest absolute Gasteiger partial charge is 0.231 e. The van der Waals surface area contributed by atoms with Gasteiger partial charge in [-0.05, 0) is 26.2 Å². The van der Waals surface area contributed by atoms with Gasteiger partial charge in [-0.3, -0.25) is 0 Å². The molecule has 2 aromatic rings. The highest BCUT2D eigenvalue weighted by molar-refractivity contribution is 5.52. The Kier molecular flexibility index (Phi) is 5.06. The number of benzene rings is 2. The Morgan fingerprint density at radius 2 is 1.04 bits per heavy atom. The summed E-state index contributed by atoms with van der Waals surface area (Å²) in [7, 11) is 3.99. The van der Waals surface area contributed by atoms with Crippen LogP contribution in [0.4, 0.5) is 0 Å². The molecular weight excluding hydrogens is 364 g/mol. The van der Waals surface area contributed by atoms with Crippen LogP contribution < -0.4 is 18.9 Å². The van der Waals surface area contributed by atoms with Crippen LogP contribution in [0.1, 0.15) is 11.1 Å². The van der Waals surface area contributed by atoms with Crippen molar-refractivity contribution in [3.8, 4) is 34.5 Å². The van der Waals surface area contributed by atoms with Gasteiger partial charge in [-0.15, -0.1) is 0 Å². The third kappa shape index (κ3) is 3.88. The Morgan fingerprint density at radius 3 is 1.43 bits per heavy atom. The van der Waals surface area contributed by atoms with Gasteiger partial charge in [-0.2, -0.15) is 0 Å². The molecule has 2 aliphatic heterocycles. The van der Waals surface area contributed by atoms with Gasteiger partial charge in [-0.25, -0.2) is 0 Å². The van der Waals surface area contributed by atoms with Gasteiger partial charge in [0, 0.05) is 49.4 Å². The van der Waals surface area contributed by atoms with Gasteiger partial charge in [-0.1, -0.05) is 0 Å². The van der Waals surface area contributed by atoms with Crippen molar-refractivity contribution in [3.05, 3.63) is 35.4 Å². The maximum atomic E-state index is 10.2. The minimum Gasteiger partial charge on any atom is -0.507 e. The molecule has 150 valence electrons. The highest BCUT2D eigenvalue weighted by Gasteiger charge is 2.19. The van der Waals surface area contributed by atoms with Gasteiger partial charge in [0.05, 0.1) is 0 Å². The van der Waals surface area contributed by atoms with Gasteiger partial charge in [0.15, 0.2) is 23.0 Å². The van der Waals surface area contributed by atoms with Crippen molar-refractivity contribution in [2.75, 3.05) is 40.8 Å². The molecule has 8 nitrogen and oxygen atoms in total. The summed E-state index contributed by atoms with van der Waals surface area (Å²) in [6.07, 6.45) is 0. The van der Waals surface area contributed by atoms with Crippen LogP contribution in [0.25, 0.3) is 0 Å². The van der Waals surface area contributed by atoms with Crippen molar-refractivity contribution in [2.24, 2.45) is 0 Å². The largest absolute Gasteiger partial charge is 0.507 e. The number of phenols is 2. The number of hydrogen-bond acceptors (Lipinski definition) is 8. The maximum Gasteiger partial charge on any atom is 0.231 e. The number of aromatic hydroxyl groups is 2. The lowest BCUT2D eigenvalue weighted by molar-refractivity contribution is 0.173. The molecule has 0 fully saturated rings. The summed E-state index contributed by atoms with van der Waals surface area (Å²) in [5.41, 5.74) is 1.59. The van der Waals surface area contributed by atoms with Crippen LogP contribution in [0, 0.1) is 0 Å². The zero-order valence-electron chi connectivity index (χ0n) is 16.0. The van der Waals surface area contributed by atoms with Gasteiger partial charge < -0.3 is 39.0 Å². The Bertz CT molecular complexity index is 801. The Labute approximate surface area is 163 Å². The number of phenolic OH excluding ortho intramolecular Hbond substituents is 2. The zero-order chi connectivity index (χ0) is 19.7. The van der Waals surface area contributed by atoms with Crippen molar-refractivity contribution in [3.63, 3.8) is 0 Å². The average Bonchev–Trinajstić information content (AvgIpc) is 3.29. The monoisotopic (exact) mass is 388 g/mol. The van der Waals surface area contributed by atoms with Gasteiger partial charge in [0.1, 0.15) is 11.5 Å². The van der Waals surface area contributed by atoms with Gasteiger partial charge in [0.2, 0.25) is 13.6 Å². The fourth-order valence-corrected chi connectivity index (χ4v) is 3.28. The third-order valence-electron chi connectivity index (χ3n) is 4.89. The summed E-state index contributed by atoms with van der Waals surface area (Å²) in [4.78, 5) is 4.24. The summed E-state index contributed by atoms with van der Waals surface area (Å²) >= 11 is 0. The lowest BCUT2D eigenvalue weighted by Gasteiger charge is -2.23. The SMILES string of the molecule is CN(CCN(C)Cc1cc2c(cc1O)OCO2)Cc1cc2c(cc1O)OCO2. The Hall–Kier alpha value is -2.84. The zero-order valence-corrected chi connectivity index (χ0v) is 16.0. The fraction of sp³-hybridized carbons (Fsp3) is 0.400. The van der Waals surface area contributed by atoms with Crippen molar-refractivity contribution < 1.29 is 29.2 Å². The number of nitrogens with zero attached hydrogens (tertiary/aromatic N) is 2. The first-order chi connectivity index (χ1) is 13.5. The van der Waals surface area contributed by atoms with Crippen LogP contribution in [-0.2, 0) is 13.1 Å². The normalized spacial score (nSPS) is 14.3. The van der Waals surface area contributed by atoms with E-state index in [2.05, 4.69) is 9.80 Å². The second kappa shape index (κ2) is 7.65. The molecule has 2 N–H and O–H groups in total. The summed E-state index contributed by atoms with van der Waals surface area (Å²) < 4.78 is 21.3. The van der Waals surface area contributed by atoms with Crippen molar-refractivity contribution in [1.82, 2.24) is 9.80 Å². The predicted molar refractivity (Wildman–Crippen MR) is 101 cm³/mol. The van der Waals surface area contributed by atoms with E-state index in [9.17, 15) is 10.2 Å². The Balaban J connectivity index is 1.31. The van der Waals surface area contributed by atoms with Gasteiger partial charge >= 0.3 is 0 Å². The summed E-state index contributed by atoms with van der Waals surface area (Å²) in [6.45, 7) is 3.12. The molecule has 8 heteroatoms. The highest BCUT2D eigenvalue weighted by Crippen LogP contribution is 2.39. The summed E-state index contributed by atoms with van der Waals surface area (Å²) in [5.74, 6) is 2.89. The molecule has 2 aliphatic rings. The lowest BCUT2D eigenvalue weighted by Crippen LogP contribution is -2.30. The fourth-order valence-electron chi connectivity index (χ4n) is 3.28. The molecule has 2 aromatic carbocycles. The summed E-state index contributed by atoms with van der Waals surface area (Å²) in [6, 6.07) is 6.84. The van der Waals surface area contributed by atoms with Crippen LogP contribution in [0.5, 0.6) is 34.5 Å². The van der Waals surface area contributed by atoms with E-state index in [1.165, 1.54) is 0 Å². The van der Waals surface area contributed by atoms with Gasteiger partial charge in [0.25, 0.3) is 0 Å². The Morgan fingerprint density at radius 1 is 0.679 bits per heavy atom. The van der Waals surface area contributed by atoms with E-state index in [1.54, 1.807) is 12.1 Å². The maximum absolute atomic E-state index is 10.2. The van der Waals surface area contributed by atoms with Crippen LogP contribution in [0.2, 0.25) is 0 Å². The van der Waals surface area contributed by atoms with E-state index in [-0.39, 0.29) is 25.1 Å². The molecular formula is C20H24N2O6. The molecule has 0 radical (unpaired) electrons. The molecule has 0 spiro atoms. The van der Waals surface area contributed by atoms with Crippen LogP contribution >= 0.6 is 0 Å².